The lowest BCUT2D eigenvalue weighted by molar-refractivity contribution is -0.144. The Bertz CT molecular complexity index is 1060. The fraction of sp³-hybridized carbons (Fsp3) is 0.724. The van der Waals surface area contributed by atoms with Gasteiger partial charge in [-0.05, 0) is 26.2 Å². The summed E-state index contributed by atoms with van der Waals surface area (Å²) in [5.41, 5.74) is 0. The van der Waals surface area contributed by atoms with Gasteiger partial charge in [-0.15, -0.1) is 0 Å². The minimum Gasteiger partial charge on any atom is -0.481 e. The molecule has 0 saturated heterocycles. The van der Waals surface area contributed by atoms with Crippen molar-refractivity contribution >= 4 is 47.3 Å². The molecule has 19 nitrogen and oxygen atoms in total. The lowest BCUT2D eigenvalue weighted by Gasteiger charge is -2.16. The average molecular weight is 693 g/mol. The molecular weight excluding hydrogens is 644 g/mol. The number of amides is 4. The van der Waals surface area contributed by atoms with Crippen LogP contribution >= 0.6 is 0 Å². The summed E-state index contributed by atoms with van der Waals surface area (Å²) in [6, 6.07) is -2.72. The van der Waals surface area contributed by atoms with E-state index in [2.05, 4.69) is 21.3 Å². The summed E-state index contributed by atoms with van der Waals surface area (Å²) in [7, 11) is 0. The van der Waals surface area contributed by atoms with E-state index in [1.807, 2.05) is 0 Å². The fourth-order valence-corrected chi connectivity index (χ4v) is 3.55. The number of carbonyl (C=O) groups is 8. The standard InChI is InChI=1S/C29H48N4O15/c1-19(27(39)40)3-7-23(35)30-9-11-45-13-15-47-17-25(37)31-10-12-46-14-16-48-18-26(38)33-22(29(43)44)6-8-24(36)32-21(28(41)42)5-4-20(2)34/h19,21-22H,3-18H2,1-2H3,(H,30,35)(H,31,37)(H,32,36)(H,33,38)(H,39,40)(H,41,42)(H,43,44)/t19-,21-,22-/m0/s1. The number of carboxylic acids is 3. The molecule has 0 aromatic heterocycles. The van der Waals surface area contributed by atoms with Crippen molar-refractivity contribution in [3.05, 3.63) is 0 Å². The molecule has 48 heavy (non-hydrogen) atoms. The fourth-order valence-electron chi connectivity index (χ4n) is 3.55. The predicted molar refractivity (Wildman–Crippen MR) is 164 cm³/mol. The molecule has 0 radical (unpaired) electrons. The van der Waals surface area contributed by atoms with Crippen LogP contribution in [0.2, 0.25) is 0 Å². The van der Waals surface area contributed by atoms with Gasteiger partial charge in [0.1, 0.15) is 31.1 Å². The molecule has 0 fully saturated rings. The highest BCUT2D eigenvalue weighted by molar-refractivity contribution is 5.86. The average Bonchev–Trinajstić information content (AvgIpc) is 3.01. The minimum atomic E-state index is -1.42. The summed E-state index contributed by atoms with van der Waals surface area (Å²) in [6.07, 6.45) is -0.480. The smallest absolute Gasteiger partial charge is 0.326 e. The summed E-state index contributed by atoms with van der Waals surface area (Å²) in [4.78, 5) is 92.0. The zero-order valence-corrected chi connectivity index (χ0v) is 27.3. The van der Waals surface area contributed by atoms with E-state index >= 15 is 0 Å². The SMILES string of the molecule is CC(=O)CC[C@H](NC(=O)CC[C@H](NC(=O)COCCOCCNC(=O)COCCOCCNC(=O)CC[C@H](C)C(=O)O)C(=O)O)C(=O)O. The van der Waals surface area contributed by atoms with Crippen molar-refractivity contribution in [2.24, 2.45) is 5.92 Å². The number of ether oxygens (including phenoxy) is 4. The van der Waals surface area contributed by atoms with Crippen LogP contribution in [0.5, 0.6) is 0 Å². The van der Waals surface area contributed by atoms with Gasteiger partial charge in [-0.2, -0.15) is 0 Å². The molecule has 7 N–H and O–H groups in total. The van der Waals surface area contributed by atoms with E-state index in [-0.39, 0.29) is 115 Å². The first-order valence-electron chi connectivity index (χ1n) is 15.3. The van der Waals surface area contributed by atoms with E-state index in [0.717, 1.165) is 0 Å². The number of aliphatic carboxylic acids is 3. The molecule has 0 aromatic carbocycles. The van der Waals surface area contributed by atoms with Crippen molar-refractivity contribution in [3.63, 3.8) is 0 Å². The molecule has 0 saturated carbocycles. The number of carbonyl (C=O) groups excluding carboxylic acids is 5. The van der Waals surface area contributed by atoms with Gasteiger partial charge in [-0.25, -0.2) is 9.59 Å². The third-order valence-corrected chi connectivity index (χ3v) is 6.29. The number of hydrogen-bond acceptors (Lipinski definition) is 12. The maximum absolute atomic E-state index is 12.1. The molecule has 0 bridgehead atoms. The highest BCUT2D eigenvalue weighted by atomic mass is 16.5. The summed E-state index contributed by atoms with van der Waals surface area (Å²) in [5.74, 6) is -6.65. The van der Waals surface area contributed by atoms with E-state index in [0.29, 0.717) is 0 Å². The van der Waals surface area contributed by atoms with Crippen LogP contribution in [0.3, 0.4) is 0 Å². The Balaban J connectivity index is 3.87. The van der Waals surface area contributed by atoms with Gasteiger partial charge in [-0.1, -0.05) is 6.92 Å². The maximum Gasteiger partial charge on any atom is 0.326 e. The highest BCUT2D eigenvalue weighted by Gasteiger charge is 2.24. The van der Waals surface area contributed by atoms with Crippen molar-refractivity contribution in [3.8, 4) is 0 Å². The van der Waals surface area contributed by atoms with Crippen molar-refractivity contribution in [1.82, 2.24) is 21.3 Å². The molecule has 0 aliphatic rings. The Morgan fingerprint density at radius 2 is 0.958 bits per heavy atom. The Kier molecular flexibility index (Phi) is 24.5. The third kappa shape index (κ3) is 25.0. The molecule has 0 heterocycles. The Morgan fingerprint density at radius 1 is 0.521 bits per heavy atom. The van der Waals surface area contributed by atoms with Crippen molar-refractivity contribution in [1.29, 1.82) is 0 Å². The number of nitrogens with one attached hydrogen (secondary N) is 4. The van der Waals surface area contributed by atoms with E-state index in [4.69, 9.17) is 29.2 Å². The number of rotatable bonds is 30. The van der Waals surface area contributed by atoms with Gasteiger partial charge in [0, 0.05) is 32.4 Å². The quantitative estimate of drug-likeness (QED) is 0.0404. The van der Waals surface area contributed by atoms with Gasteiger partial charge in [-0.3, -0.25) is 24.0 Å². The van der Waals surface area contributed by atoms with Crippen LogP contribution in [0.1, 0.15) is 52.4 Å². The lowest BCUT2D eigenvalue weighted by Crippen LogP contribution is -2.45. The summed E-state index contributed by atoms with van der Waals surface area (Å²) >= 11 is 0. The van der Waals surface area contributed by atoms with Crippen LogP contribution in [0.25, 0.3) is 0 Å². The Hall–Kier alpha value is -4.20. The van der Waals surface area contributed by atoms with Crippen LogP contribution in [0, 0.1) is 5.92 Å². The summed E-state index contributed by atoms with van der Waals surface area (Å²) in [6.45, 7) is 3.38. The van der Waals surface area contributed by atoms with E-state index in [1.165, 1.54) is 13.8 Å². The molecule has 0 rings (SSSR count). The first-order valence-corrected chi connectivity index (χ1v) is 15.3. The van der Waals surface area contributed by atoms with E-state index in [9.17, 15) is 43.5 Å². The van der Waals surface area contributed by atoms with Crippen LogP contribution in [0.4, 0.5) is 0 Å². The van der Waals surface area contributed by atoms with Gasteiger partial charge >= 0.3 is 17.9 Å². The van der Waals surface area contributed by atoms with Crippen LogP contribution in [-0.4, -0.2) is 141 Å². The largest absolute Gasteiger partial charge is 0.481 e. The number of carboxylic acid groups (broad SMARTS) is 3. The van der Waals surface area contributed by atoms with Gasteiger partial charge in [0.05, 0.1) is 45.6 Å². The molecular formula is C29H48N4O15. The van der Waals surface area contributed by atoms with Crippen molar-refractivity contribution in [2.45, 2.75) is 64.5 Å². The minimum absolute atomic E-state index is 0.00489. The van der Waals surface area contributed by atoms with Crippen LogP contribution < -0.4 is 21.3 Å². The number of hydrogen-bond donors (Lipinski definition) is 7. The van der Waals surface area contributed by atoms with Gasteiger partial charge in [0.2, 0.25) is 23.6 Å². The second kappa shape index (κ2) is 26.8. The zero-order valence-electron chi connectivity index (χ0n) is 27.3. The predicted octanol–water partition coefficient (Wildman–Crippen LogP) is -1.93. The molecule has 0 aliphatic carbocycles. The molecule has 0 unspecified atom stereocenters. The van der Waals surface area contributed by atoms with Crippen LogP contribution in [0.15, 0.2) is 0 Å². The van der Waals surface area contributed by atoms with Crippen molar-refractivity contribution < 1.29 is 72.6 Å². The molecule has 0 spiro atoms. The topological polar surface area (TPSA) is 282 Å². The summed E-state index contributed by atoms with van der Waals surface area (Å²) in [5, 5.41) is 36.9. The van der Waals surface area contributed by atoms with Gasteiger partial charge < -0.3 is 60.3 Å². The molecule has 3 atom stereocenters. The van der Waals surface area contributed by atoms with E-state index in [1.54, 1.807) is 0 Å². The zero-order chi connectivity index (χ0) is 36.3. The molecule has 0 aliphatic heterocycles. The van der Waals surface area contributed by atoms with Crippen molar-refractivity contribution in [2.75, 3.05) is 65.9 Å². The molecule has 19 heteroatoms. The van der Waals surface area contributed by atoms with Gasteiger partial charge in [0.25, 0.3) is 0 Å². The number of ketones is 1. The number of Topliss-reactive ketones (excluding diaryl/α,β-unsaturated/α-hetero) is 1. The summed E-state index contributed by atoms with van der Waals surface area (Å²) < 4.78 is 20.9. The molecule has 274 valence electrons. The normalized spacial score (nSPS) is 12.6. The van der Waals surface area contributed by atoms with Gasteiger partial charge in [0.15, 0.2) is 0 Å². The first kappa shape index (κ1) is 43.8. The maximum atomic E-state index is 12.1. The first-order chi connectivity index (χ1) is 22.7. The lowest BCUT2D eigenvalue weighted by atomic mass is 10.1. The Labute approximate surface area is 277 Å². The molecule has 0 aromatic rings. The van der Waals surface area contributed by atoms with E-state index < -0.39 is 54.3 Å². The second-order valence-electron chi connectivity index (χ2n) is 10.5. The monoisotopic (exact) mass is 692 g/mol. The van der Waals surface area contributed by atoms with Crippen LogP contribution in [-0.2, 0) is 57.3 Å². The highest BCUT2D eigenvalue weighted by Crippen LogP contribution is 2.05. The Morgan fingerprint density at radius 3 is 1.46 bits per heavy atom. The third-order valence-electron chi connectivity index (χ3n) is 6.29. The second-order valence-corrected chi connectivity index (χ2v) is 10.5. The molecule has 4 amide bonds.